The predicted octanol–water partition coefficient (Wildman–Crippen LogP) is 2.34. The molecule has 5 heteroatoms. The predicted molar refractivity (Wildman–Crippen MR) is 66.5 cm³/mol. The van der Waals surface area contributed by atoms with E-state index in [-0.39, 0.29) is 6.61 Å². The third-order valence-electron chi connectivity index (χ3n) is 2.70. The standard InChI is InChI=1S/C12H14ClN3O/c1-7-4-11(10(6-17)5-14-7)16-9(3)12(13)8(2)15-16/h4-5,17H,6H2,1-3H3. The summed E-state index contributed by atoms with van der Waals surface area (Å²) in [6.45, 7) is 5.59. The Morgan fingerprint density at radius 3 is 2.59 bits per heavy atom. The molecule has 4 nitrogen and oxygen atoms in total. The summed E-state index contributed by atoms with van der Waals surface area (Å²) in [5.74, 6) is 0. The van der Waals surface area contributed by atoms with Crippen LogP contribution in [0.2, 0.25) is 5.02 Å². The van der Waals surface area contributed by atoms with Crippen LogP contribution >= 0.6 is 11.6 Å². The number of hydrogen-bond acceptors (Lipinski definition) is 3. The second-order valence-corrected chi connectivity index (χ2v) is 4.39. The SMILES string of the molecule is Cc1cc(-n2nc(C)c(Cl)c2C)c(CO)cn1. The normalized spacial score (nSPS) is 10.9. The minimum atomic E-state index is -0.0709. The van der Waals surface area contributed by atoms with Gasteiger partial charge in [0.25, 0.3) is 0 Å². The van der Waals surface area contributed by atoms with Gasteiger partial charge in [-0.05, 0) is 26.8 Å². The summed E-state index contributed by atoms with van der Waals surface area (Å²) in [7, 11) is 0. The number of aryl methyl sites for hydroxylation is 2. The molecule has 0 bridgehead atoms. The summed E-state index contributed by atoms with van der Waals surface area (Å²) >= 11 is 6.12. The van der Waals surface area contributed by atoms with Gasteiger partial charge >= 0.3 is 0 Å². The minimum Gasteiger partial charge on any atom is -0.392 e. The van der Waals surface area contributed by atoms with Gasteiger partial charge in [-0.15, -0.1) is 0 Å². The number of rotatable bonds is 2. The van der Waals surface area contributed by atoms with Gasteiger partial charge in [-0.2, -0.15) is 5.10 Å². The first-order valence-electron chi connectivity index (χ1n) is 5.33. The molecule has 0 aliphatic carbocycles. The molecular weight excluding hydrogens is 238 g/mol. The first-order chi connectivity index (χ1) is 8.04. The van der Waals surface area contributed by atoms with Gasteiger partial charge in [-0.1, -0.05) is 11.6 Å². The number of nitrogens with zero attached hydrogens (tertiary/aromatic N) is 3. The molecule has 2 heterocycles. The number of halogens is 1. The summed E-state index contributed by atoms with van der Waals surface area (Å²) in [4.78, 5) is 4.16. The van der Waals surface area contributed by atoms with E-state index >= 15 is 0 Å². The molecule has 0 fully saturated rings. The molecule has 0 atom stereocenters. The highest BCUT2D eigenvalue weighted by atomic mass is 35.5. The van der Waals surface area contributed by atoms with E-state index < -0.39 is 0 Å². The Morgan fingerprint density at radius 2 is 2.06 bits per heavy atom. The van der Waals surface area contributed by atoms with E-state index in [1.165, 1.54) is 0 Å². The van der Waals surface area contributed by atoms with Crippen molar-refractivity contribution >= 4 is 11.6 Å². The second kappa shape index (κ2) is 4.47. The highest BCUT2D eigenvalue weighted by Gasteiger charge is 2.13. The maximum Gasteiger partial charge on any atom is 0.0848 e. The fourth-order valence-corrected chi connectivity index (χ4v) is 1.87. The lowest BCUT2D eigenvalue weighted by Crippen LogP contribution is -2.05. The van der Waals surface area contributed by atoms with Crippen LogP contribution in [0.25, 0.3) is 5.69 Å². The van der Waals surface area contributed by atoms with Crippen LogP contribution in [-0.2, 0) is 6.61 Å². The van der Waals surface area contributed by atoms with Gasteiger partial charge in [0.05, 0.1) is 28.7 Å². The van der Waals surface area contributed by atoms with Crippen LogP contribution in [0.3, 0.4) is 0 Å². The third kappa shape index (κ3) is 2.06. The molecule has 0 saturated carbocycles. The van der Waals surface area contributed by atoms with Gasteiger partial charge in [-0.3, -0.25) is 4.98 Å². The molecule has 2 aromatic heterocycles. The lowest BCUT2D eigenvalue weighted by molar-refractivity contribution is 0.280. The topological polar surface area (TPSA) is 50.9 Å². The zero-order valence-corrected chi connectivity index (χ0v) is 10.8. The van der Waals surface area contributed by atoms with E-state index in [0.717, 1.165) is 28.3 Å². The molecule has 0 radical (unpaired) electrons. The number of hydrogen-bond donors (Lipinski definition) is 1. The maximum atomic E-state index is 9.32. The van der Waals surface area contributed by atoms with Gasteiger partial charge in [-0.25, -0.2) is 4.68 Å². The van der Waals surface area contributed by atoms with Gasteiger partial charge in [0.15, 0.2) is 0 Å². The van der Waals surface area contributed by atoms with Crippen LogP contribution in [0.4, 0.5) is 0 Å². The minimum absolute atomic E-state index is 0.0709. The Morgan fingerprint density at radius 1 is 1.35 bits per heavy atom. The van der Waals surface area contributed by atoms with E-state index in [9.17, 15) is 5.11 Å². The average molecular weight is 252 g/mol. The van der Waals surface area contributed by atoms with Gasteiger partial charge in [0.1, 0.15) is 0 Å². The van der Waals surface area contributed by atoms with Gasteiger partial charge in [0, 0.05) is 17.5 Å². The van der Waals surface area contributed by atoms with Crippen LogP contribution in [0.15, 0.2) is 12.3 Å². The molecule has 17 heavy (non-hydrogen) atoms. The summed E-state index contributed by atoms with van der Waals surface area (Å²) in [5, 5.41) is 14.4. The monoisotopic (exact) mass is 251 g/mol. The van der Waals surface area contributed by atoms with E-state index in [0.29, 0.717) is 5.02 Å². The third-order valence-corrected chi connectivity index (χ3v) is 3.25. The van der Waals surface area contributed by atoms with Crippen molar-refractivity contribution in [3.8, 4) is 5.69 Å². The van der Waals surface area contributed by atoms with Crippen molar-refractivity contribution in [2.45, 2.75) is 27.4 Å². The molecule has 0 aromatic carbocycles. The number of aliphatic hydroxyl groups excluding tert-OH is 1. The largest absolute Gasteiger partial charge is 0.392 e. The smallest absolute Gasteiger partial charge is 0.0848 e. The van der Waals surface area contributed by atoms with E-state index in [2.05, 4.69) is 10.1 Å². The quantitative estimate of drug-likeness (QED) is 0.891. The highest BCUT2D eigenvalue weighted by molar-refractivity contribution is 6.31. The maximum absolute atomic E-state index is 9.32. The van der Waals surface area contributed by atoms with Crippen LogP contribution in [0.1, 0.15) is 22.6 Å². The first kappa shape index (κ1) is 12.1. The lowest BCUT2D eigenvalue weighted by Gasteiger charge is -2.09. The molecule has 0 amide bonds. The molecule has 0 aliphatic heterocycles. The van der Waals surface area contributed by atoms with Crippen molar-refractivity contribution in [1.82, 2.24) is 14.8 Å². The number of aromatic nitrogens is 3. The zero-order chi connectivity index (χ0) is 12.6. The lowest BCUT2D eigenvalue weighted by atomic mass is 10.2. The van der Waals surface area contributed by atoms with Crippen LogP contribution < -0.4 is 0 Å². The van der Waals surface area contributed by atoms with Crippen molar-refractivity contribution in [1.29, 1.82) is 0 Å². The fourth-order valence-electron chi connectivity index (χ4n) is 1.75. The molecule has 2 aromatic rings. The van der Waals surface area contributed by atoms with E-state index in [4.69, 9.17) is 11.6 Å². The van der Waals surface area contributed by atoms with Crippen LogP contribution in [0.5, 0.6) is 0 Å². The molecular formula is C12H14ClN3O. The van der Waals surface area contributed by atoms with E-state index in [1.54, 1.807) is 10.9 Å². The number of aliphatic hydroxyl groups is 1. The molecule has 2 rings (SSSR count). The Hall–Kier alpha value is -1.39. The van der Waals surface area contributed by atoms with Gasteiger partial charge in [0.2, 0.25) is 0 Å². The van der Waals surface area contributed by atoms with Gasteiger partial charge < -0.3 is 5.11 Å². The van der Waals surface area contributed by atoms with Crippen LogP contribution in [-0.4, -0.2) is 19.9 Å². The Bertz CT molecular complexity index is 563. The Kier molecular flexibility index (Phi) is 3.17. The van der Waals surface area contributed by atoms with Crippen molar-refractivity contribution < 1.29 is 5.11 Å². The summed E-state index contributed by atoms with van der Waals surface area (Å²) in [6.07, 6.45) is 1.66. The average Bonchev–Trinajstić information content (AvgIpc) is 2.57. The Balaban J connectivity index is 2.67. The molecule has 0 spiro atoms. The molecule has 90 valence electrons. The summed E-state index contributed by atoms with van der Waals surface area (Å²) in [5.41, 5.74) is 4.08. The molecule has 0 saturated heterocycles. The zero-order valence-electron chi connectivity index (χ0n) is 10.0. The summed E-state index contributed by atoms with van der Waals surface area (Å²) in [6, 6.07) is 1.89. The molecule has 0 unspecified atom stereocenters. The fraction of sp³-hybridized carbons (Fsp3) is 0.333. The first-order valence-corrected chi connectivity index (χ1v) is 5.71. The summed E-state index contributed by atoms with van der Waals surface area (Å²) < 4.78 is 1.75. The van der Waals surface area contributed by atoms with Crippen molar-refractivity contribution in [2.24, 2.45) is 0 Å². The highest BCUT2D eigenvalue weighted by Crippen LogP contribution is 2.24. The molecule has 1 N–H and O–H groups in total. The number of pyridine rings is 1. The second-order valence-electron chi connectivity index (χ2n) is 4.01. The Labute approximate surface area is 105 Å². The molecule has 0 aliphatic rings. The van der Waals surface area contributed by atoms with Crippen molar-refractivity contribution in [2.75, 3.05) is 0 Å². The van der Waals surface area contributed by atoms with Crippen molar-refractivity contribution in [3.05, 3.63) is 39.9 Å². The van der Waals surface area contributed by atoms with E-state index in [1.807, 2.05) is 26.8 Å². The van der Waals surface area contributed by atoms with Crippen molar-refractivity contribution in [3.63, 3.8) is 0 Å². The van der Waals surface area contributed by atoms with Crippen LogP contribution in [0, 0.1) is 20.8 Å².